The Kier molecular flexibility index (Phi) is 8.23. The number of methoxy groups -OCH3 is 1. The summed E-state index contributed by atoms with van der Waals surface area (Å²) in [5.74, 6) is 0.902. The van der Waals surface area contributed by atoms with Crippen LogP contribution in [0.25, 0.3) is 17.2 Å². The smallest absolute Gasteiger partial charge is 0.118 e. The average Bonchev–Trinajstić information content (AvgIpc) is 3.15. The molecule has 33 heavy (non-hydrogen) atoms. The Morgan fingerprint density at radius 3 is 2.03 bits per heavy atom. The lowest BCUT2D eigenvalue weighted by Gasteiger charge is -2.41. The van der Waals surface area contributed by atoms with Crippen molar-refractivity contribution in [3.8, 4) is 5.75 Å². The molecule has 0 aromatic heterocycles. The first-order chi connectivity index (χ1) is 15.8. The van der Waals surface area contributed by atoms with Gasteiger partial charge in [-0.3, -0.25) is 0 Å². The van der Waals surface area contributed by atoms with E-state index in [0.717, 1.165) is 18.6 Å². The fraction of sp³-hybridized carbons (Fsp3) is 0.419. The largest absolute Gasteiger partial charge is 0.497 e. The minimum Gasteiger partial charge on any atom is -0.497 e. The fourth-order valence-electron chi connectivity index (χ4n) is 5.82. The van der Waals surface area contributed by atoms with Crippen LogP contribution in [0.3, 0.4) is 0 Å². The van der Waals surface area contributed by atoms with Gasteiger partial charge in [-0.1, -0.05) is 103 Å². The van der Waals surface area contributed by atoms with Gasteiger partial charge in [-0.05, 0) is 74.7 Å². The first kappa shape index (κ1) is 25.3. The maximum Gasteiger partial charge on any atom is 0.118 e. The molecule has 3 rings (SSSR count). The third-order valence-corrected chi connectivity index (χ3v) is 14.4. The molecule has 0 bridgehead atoms. The maximum atomic E-state index is 5.43. The molecular formula is C31H42OSi. The highest BCUT2D eigenvalue weighted by Crippen LogP contribution is 2.49. The lowest BCUT2D eigenvalue weighted by atomic mass is 9.92. The van der Waals surface area contributed by atoms with Crippen LogP contribution in [0, 0.1) is 0 Å². The Balaban J connectivity index is 2.26. The van der Waals surface area contributed by atoms with Crippen LogP contribution in [0.1, 0.15) is 78.0 Å². The highest BCUT2D eigenvalue weighted by atomic mass is 28.3. The summed E-state index contributed by atoms with van der Waals surface area (Å²) in [4.78, 5) is 0. The van der Waals surface area contributed by atoms with Crippen molar-refractivity contribution in [2.45, 2.75) is 77.9 Å². The molecular weight excluding hydrogens is 416 g/mol. The van der Waals surface area contributed by atoms with Gasteiger partial charge in [0, 0.05) is 0 Å². The second kappa shape index (κ2) is 10.7. The van der Waals surface area contributed by atoms with E-state index in [1.165, 1.54) is 33.4 Å². The van der Waals surface area contributed by atoms with Crippen molar-refractivity contribution in [1.82, 2.24) is 0 Å². The van der Waals surface area contributed by atoms with E-state index in [2.05, 4.69) is 115 Å². The molecule has 176 valence electrons. The third kappa shape index (κ3) is 4.96. The zero-order chi connectivity index (χ0) is 24.2. The lowest BCUT2D eigenvalue weighted by molar-refractivity contribution is 0.415. The first-order valence-electron chi connectivity index (χ1n) is 12.6. The van der Waals surface area contributed by atoms with Crippen molar-refractivity contribution < 1.29 is 4.74 Å². The summed E-state index contributed by atoms with van der Waals surface area (Å²) in [5.41, 5.74) is 13.0. The van der Waals surface area contributed by atoms with Crippen LogP contribution < -0.4 is 4.74 Å². The molecule has 0 unspecified atom stereocenters. The molecule has 0 amide bonds. The molecule has 2 aromatic rings. The minimum atomic E-state index is -1.75. The van der Waals surface area contributed by atoms with E-state index >= 15 is 0 Å². The number of ether oxygens (including phenoxy) is 1. The lowest BCUT2D eigenvalue weighted by Crippen LogP contribution is -2.43. The number of benzene rings is 2. The molecule has 0 saturated heterocycles. The number of rotatable bonds is 9. The summed E-state index contributed by atoms with van der Waals surface area (Å²) < 4.78 is 5.43. The minimum absolute atomic E-state index is 0.683. The number of allylic oxidation sites excluding steroid dienone is 4. The van der Waals surface area contributed by atoms with Crippen LogP contribution in [0.2, 0.25) is 16.6 Å². The number of hydrogen-bond acceptors (Lipinski definition) is 1. The van der Waals surface area contributed by atoms with Gasteiger partial charge in [0.2, 0.25) is 0 Å². The van der Waals surface area contributed by atoms with Gasteiger partial charge in [0.05, 0.1) is 15.2 Å². The Morgan fingerprint density at radius 1 is 0.879 bits per heavy atom. The van der Waals surface area contributed by atoms with Crippen LogP contribution in [0.5, 0.6) is 5.75 Å². The second-order valence-electron chi connectivity index (χ2n) is 10.3. The van der Waals surface area contributed by atoms with Crippen molar-refractivity contribution in [3.05, 3.63) is 82.6 Å². The summed E-state index contributed by atoms with van der Waals surface area (Å²) in [6, 6.07) is 17.5. The van der Waals surface area contributed by atoms with Crippen molar-refractivity contribution >= 4 is 25.3 Å². The molecule has 0 N–H and O–H groups in total. The van der Waals surface area contributed by atoms with Crippen LogP contribution >= 0.6 is 0 Å². The molecule has 0 radical (unpaired) electrons. The van der Waals surface area contributed by atoms with Gasteiger partial charge in [0.25, 0.3) is 0 Å². The maximum absolute atomic E-state index is 5.43. The predicted octanol–water partition coefficient (Wildman–Crippen LogP) is 9.58. The molecule has 0 atom stereocenters. The van der Waals surface area contributed by atoms with Crippen LogP contribution in [-0.2, 0) is 0 Å². The van der Waals surface area contributed by atoms with Crippen molar-refractivity contribution in [3.63, 3.8) is 0 Å². The van der Waals surface area contributed by atoms with Gasteiger partial charge in [0.1, 0.15) is 5.75 Å². The van der Waals surface area contributed by atoms with E-state index in [9.17, 15) is 0 Å². The third-order valence-electron chi connectivity index (χ3n) is 7.56. The van der Waals surface area contributed by atoms with Gasteiger partial charge in [-0.2, -0.15) is 0 Å². The van der Waals surface area contributed by atoms with Gasteiger partial charge < -0.3 is 4.74 Å². The Bertz CT molecular complexity index is 1010. The highest BCUT2D eigenvalue weighted by Gasteiger charge is 2.42. The summed E-state index contributed by atoms with van der Waals surface area (Å²) in [6.07, 6.45) is 7.08. The topological polar surface area (TPSA) is 9.23 Å². The zero-order valence-corrected chi connectivity index (χ0v) is 22.9. The van der Waals surface area contributed by atoms with E-state index < -0.39 is 8.07 Å². The van der Waals surface area contributed by atoms with E-state index in [4.69, 9.17) is 4.74 Å². The number of fused-ring (bicyclic) bond motifs is 1. The Morgan fingerprint density at radius 2 is 1.48 bits per heavy atom. The van der Waals surface area contributed by atoms with E-state index in [1.54, 1.807) is 7.11 Å². The quantitative estimate of drug-likeness (QED) is 0.340. The average molecular weight is 459 g/mol. The van der Waals surface area contributed by atoms with E-state index in [0.29, 0.717) is 16.6 Å². The highest BCUT2D eigenvalue weighted by molar-refractivity contribution is 6.88. The van der Waals surface area contributed by atoms with E-state index in [1.807, 2.05) is 0 Å². The summed E-state index contributed by atoms with van der Waals surface area (Å²) >= 11 is 0. The molecule has 1 aliphatic carbocycles. The number of hydrogen-bond donors (Lipinski definition) is 0. The zero-order valence-electron chi connectivity index (χ0n) is 21.9. The standard InChI is InChI=1S/C31H42OSi/c1-9-10-14-28(25-16-18-27(32-8)19-17-25)30-20-26-13-11-12-15-29(26)31(30)21-33(22(2)3,23(4)5)24(6)7/h11-24H,9-10H2,1-8H3/b28-14+,31-21+. The molecule has 0 aliphatic heterocycles. The van der Waals surface area contributed by atoms with Gasteiger partial charge in [0.15, 0.2) is 0 Å². The Hall–Kier alpha value is -2.32. The molecule has 0 heterocycles. The second-order valence-corrected chi connectivity index (χ2v) is 16.1. The van der Waals surface area contributed by atoms with Crippen LogP contribution in [0.4, 0.5) is 0 Å². The van der Waals surface area contributed by atoms with Crippen molar-refractivity contribution in [2.75, 3.05) is 7.11 Å². The SMILES string of the molecule is CCC/C=C(/C1=Cc2ccccc2/C1=C\[Si](C(C)C)(C(C)C)C(C)C)c1ccc(OC)cc1. The van der Waals surface area contributed by atoms with Crippen molar-refractivity contribution in [2.24, 2.45) is 0 Å². The normalized spacial score (nSPS) is 15.5. The summed E-state index contributed by atoms with van der Waals surface area (Å²) in [5, 5.41) is 0. The molecule has 0 spiro atoms. The Labute approximate surface area is 203 Å². The van der Waals surface area contributed by atoms with Gasteiger partial charge in [-0.25, -0.2) is 0 Å². The van der Waals surface area contributed by atoms with Gasteiger partial charge >= 0.3 is 0 Å². The predicted molar refractivity (Wildman–Crippen MR) is 149 cm³/mol. The molecule has 1 aliphatic rings. The number of unbranched alkanes of at least 4 members (excludes halogenated alkanes) is 1. The molecule has 1 nitrogen and oxygen atoms in total. The molecule has 2 aromatic carbocycles. The molecule has 0 fully saturated rings. The molecule has 0 saturated carbocycles. The van der Waals surface area contributed by atoms with Crippen LogP contribution in [-0.4, -0.2) is 15.2 Å². The summed E-state index contributed by atoms with van der Waals surface area (Å²) in [6.45, 7) is 17.0. The molecule has 2 heteroatoms. The van der Waals surface area contributed by atoms with Crippen molar-refractivity contribution in [1.29, 1.82) is 0 Å². The van der Waals surface area contributed by atoms with E-state index in [-0.39, 0.29) is 0 Å². The van der Waals surface area contributed by atoms with Gasteiger partial charge in [-0.15, -0.1) is 0 Å². The first-order valence-corrected chi connectivity index (χ1v) is 15.0. The van der Waals surface area contributed by atoms with Crippen LogP contribution in [0.15, 0.2) is 65.9 Å². The fourth-order valence-corrected chi connectivity index (χ4v) is 11.6. The monoisotopic (exact) mass is 458 g/mol. The summed E-state index contributed by atoms with van der Waals surface area (Å²) in [7, 11) is -0.0158.